The summed E-state index contributed by atoms with van der Waals surface area (Å²) in [5.74, 6) is -1.10. The largest absolute Gasteiger partial charge is 0.506 e. The third-order valence-corrected chi connectivity index (χ3v) is 6.15. The molecule has 2 aromatic carbocycles. The molecule has 8 heteroatoms. The Morgan fingerprint density at radius 3 is 2.32 bits per heavy atom. The number of esters is 1. The molecule has 1 aliphatic heterocycles. The van der Waals surface area contributed by atoms with E-state index in [1.165, 1.54) is 19.1 Å². The summed E-state index contributed by atoms with van der Waals surface area (Å²) < 4.78 is 17.4. The molecule has 0 saturated carbocycles. The second-order valence-electron chi connectivity index (χ2n) is 9.94. The number of ether oxygens (including phenoxy) is 2. The van der Waals surface area contributed by atoms with Crippen LogP contribution in [0.2, 0.25) is 0 Å². The van der Waals surface area contributed by atoms with Gasteiger partial charge in [0.1, 0.15) is 39.4 Å². The zero-order valence-corrected chi connectivity index (χ0v) is 21.7. The fourth-order valence-corrected chi connectivity index (χ4v) is 4.40. The summed E-state index contributed by atoms with van der Waals surface area (Å²) >= 11 is 0. The zero-order valence-electron chi connectivity index (χ0n) is 21.7. The van der Waals surface area contributed by atoms with Crippen molar-refractivity contribution in [2.75, 3.05) is 0 Å². The van der Waals surface area contributed by atoms with Crippen molar-refractivity contribution >= 4 is 34.0 Å². The average molecular weight is 507 g/mol. The number of allylic oxidation sites excluding steroid dienone is 4. The van der Waals surface area contributed by atoms with E-state index in [2.05, 4.69) is 0 Å². The fourth-order valence-electron chi connectivity index (χ4n) is 4.40. The van der Waals surface area contributed by atoms with Crippen LogP contribution >= 0.6 is 0 Å². The molecule has 1 aromatic heterocycles. The van der Waals surface area contributed by atoms with Crippen molar-refractivity contribution in [2.24, 2.45) is 0 Å². The van der Waals surface area contributed by atoms with Crippen LogP contribution in [0.4, 0.5) is 0 Å². The molecular formula is C29H30O8. The molecule has 4 rings (SSSR count). The third kappa shape index (κ3) is 4.79. The SMILES string of the molecule is CC(=O)OC(C)=CCc1c(O)c(O)cc2oc3c(CC=C(C)C)c4c(c(O)c3c(=O)c12)C=CC(C)(C)O4. The first-order chi connectivity index (χ1) is 17.3. The fraction of sp³-hybridized carbons (Fsp3) is 0.310. The van der Waals surface area contributed by atoms with Crippen LogP contribution in [0, 0.1) is 0 Å². The molecule has 0 unspecified atom stereocenters. The number of phenolic OH excluding ortho intramolecular Hbond substituents is 3. The van der Waals surface area contributed by atoms with Gasteiger partial charge in [-0.2, -0.15) is 0 Å². The van der Waals surface area contributed by atoms with Gasteiger partial charge >= 0.3 is 5.97 Å². The zero-order chi connectivity index (χ0) is 27.2. The van der Waals surface area contributed by atoms with Crippen LogP contribution in [0.25, 0.3) is 28.0 Å². The smallest absolute Gasteiger partial charge is 0.307 e. The van der Waals surface area contributed by atoms with Crippen LogP contribution in [0.1, 0.15) is 58.2 Å². The second kappa shape index (κ2) is 9.35. The second-order valence-corrected chi connectivity index (χ2v) is 9.94. The molecule has 8 nitrogen and oxygen atoms in total. The molecule has 2 heterocycles. The Kier molecular flexibility index (Phi) is 6.54. The lowest BCUT2D eigenvalue weighted by Crippen LogP contribution is -2.28. The van der Waals surface area contributed by atoms with Gasteiger partial charge in [-0.3, -0.25) is 9.59 Å². The maximum absolute atomic E-state index is 13.9. The van der Waals surface area contributed by atoms with Crippen molar-refractivity contribution in [3.63, 3.8) is 0 Å². The predicted octanol–water partition coefficient (Wildman–Crippen LogP) is 5.77. The van der Waals surface area contributed by atoms with Gasteiger partial charge in [-0.1, -0.05) is 11.6 Å². The van der Waals surface area contributed by atoms with Crippen molar-refractivity contribution in [3.05, 3.63) is 62.5 Å². The maximum Gasteiger partial charge on any atom is 0.307 e. The van der Waals surface area contributed by atoms with Gasteiger partial charge in [-0.15, -0.1) is 0 Å². The maximum atomic E-state index is 13.9. The van der Waals surface area contributed by atoms with E-state index in [-0.39, 0.29) is 45.4 Å². The summed E-state index contributed by atoms with van der Waals surface area (Å²) in [7, 11) is 0. The molecule has 0 spiro atoms. The van der Waals surface area contributed by atoms with Gasteiger partial charge in [0.05, 0.1) is 10.9 Å². The molecule has 37 heavy (non-hydrogen) atoms. The number of hydrogen-bond acceptors (Lipinski definition) is 8. The molecule has 0 saturated heterocycles. The number of aromatic hydroxyl groups is 3. The van der Waals surface area contributed by atoms with E-state index in [1.807, 2.05) is 33.8 Å². The summed E-state index contributed by atoms with van der Waals surface area (Å²) in [5, 5.41) is 32.3. The van der Waals surface area contributed by atoms with E-state index in [0.717, 1.165) is 5.57 Å². The van der Waals surface area contributed by atoms with Crippen molar-refractivity contribution in [1.82, 2.24) is 0 Å². The average Bonchev–Trinajstić information content (AvgIpc) is 2.78. The summed E-state index contributed by atoms with van der Waals surface area (Å²) in [4.78, 5) is 25.2. The van der Waals surface area contributed by atoms with Crippen LogP contribution in [0.3, 0.4) is 0 Å². The van der Waals surface area contributed by atoms with Crippen molar-refractivity contribution in [2.45, 2.75) is 60.0 Å². The number of fused-ring (bicyclic) bond motifs is 3. The molecule has 0 aliphatic carbocycles. The molecule has 3 N–H and O–H groups in total. The molecule has 0 atom stereocenters. The first-order valence-corrected chi connectivity index (χ1v) is 11.9. The number of phenols is 3. The van der Waals surface area contributed by atoms with Crippen molar-refractivity contribution in [1.29, 1.82) is 0 Å². The van der Waals surface area contributed by atoms with E-state index in [9.17, 15) is 24.9 Å². The number of hydrogen-bond donors (Lipinski definition) is 3. The Morgan fingerprint density at radius 1 is 1.00 bits per heavy atom. The molecule has 0 fully saturated rings. The minimum atomic E-state index is -0.645. The highest BCUT2D eigenvalue weighted by atomic mass is 16.5. The van der Waals surface area contributed by atoms with Gasteiger partial charge in [0, 0.05) is 24.1 Å². The number of benzene rings is 2. The highest BCUT2D eigenvalue weighted by Gasteiger charge is 2.31. The van der Waals surface area contributed by atoms with Crippen LogP contribution in [-0.4, -0.2) is 26.9 Å². The Balaban J connectivity index is 2.10. The molecule has 0 amide bonds. The van der Waals surface area contributed by atoms with E-state index in [4.69, 9.17) is 13.9 Å². The predicted molar refractivity (Wildman–Crippen MR) is 141 cm³/mol. The summed E-state index contributed by atoms with van der Waals surface area (Å²) in [5.41, 5.74) is 1.03. The molecule has 0 bridgehead atoms. The van der Waals surface area contributed by atoms with Gasteiger partial charge in [0.25, 0.3) is 0 Å². The topological polar surface area (TPSA) is 126 Å². The highest BCUT2D eigenvalue weighted by Crippen LogP contribution is 2.46. The summed E-state index contributed by atoms with van der Waals surface area (Å²) in [6.07, 6.45) is 7.33. The number of rotatable bonds is 5. The van der Waals surface area contributed by atoms with E-state index in [0.29, 0.717) is 23.3 Å². The van der Waals surface area contributed by atoms with E-state index < -0.39 is 28.5 Å². The van der Waals surface area contributed by atoms with Gasteiger partial charge in [-0.05, 0) is 65.7 Å². The van der Waals surface area contributed by atoms with Gasteiger partial charge in [0.15, 0.2) is 11.5 Å². The normalized spacial score (nSPS) is 14.4. The summed E-state index contributed by atoms with van der Waals surface area (Å²) in [6.45, 7) is 10.5. The molecule has 1 aliphatic rings. The number of carbonyl (C=O) groups excluding carboxylic acids is 1. The van der Waals surface area contributed by atoms with Crippen LogP contribution in [0.5, 0.6) is 23.0 Å². The minimum absolute atomic E-state index is 0.000809. The lowest BCUT2D eigenvalue weighted by Gasteiger charge is -2.30. The van der Waals surface area contributed by atoms with E-state index in [1.54, 1.807) is 19.1 Å². The van der Waals surface area contributed by atoms with Gasteiger partial charge in [-0.25, -0.2) is 0 Å². The van der Waals surface area contributed by atoms with Crippen LogP contribution < -0.4 is 10.2 Å². The van der Waals surface area contributed by atoms with Crippen molar-refractivity contribution in [3.8, 4) is 23.0 Å². The van der Waals surface area contributed by atoms with Gasteiger partial charge in [0.2, 0.25) is 5.43 Å². The molecule has 194 valence electrons. The quantitative estimate of drug-likeness (QED) is 0.131. The van der Waals surface area contributed by atoms with Gasteiger partial charge < -0.3 is 29.2 Å². The summed E-state index contributed by atoms with van der Waals surface area (Å²) in [6, 6.07) is 1.17. The van der Waals surface area contributed by atoms with Crippen molar-refractivity contribution < 1.29 is 34.0 Å². The number of carbonyl (C=O) groups is 1. The van der Waals surface area contributed by atoms with Crippen LogP contribution in [0.15, 0.2) is 44.8 Å². The van der Waals surface area contributed by atoms with E-state index >= 15 is 0 Å². The Hall–Kier alpha value is -4.20. The first-order valence-electron chi connectivity index (χ1n) is 11.9. The molecule has 3 aromatic rings. The monoisotopic (exact) mass is 506 g/mol. The Morgan fingerprint density at radius 2 is 1.68 bits per heavy atom. The third-order valence-electron chi connectivity index (χ3n) is 6.15. The Labute approximate surface area is 213 Å². The first kappa shape index (κ1) is 25.9. The highest BCUT2D eigenvalue weighted by molar-refractivity contribution is 6.01. The standard InChI is InChI=1S/C29H30O8/c1-14(2)7-9-19-27-18(11-12-29(5,6)37-27)25(33)23-26(34)22-17(10-8-15(3)35-16(4)30)24(32)20(31)13-21(22)36-28(19)23/h7-8,11-13,31-33H,9-10H2,1-6H3. The van der Waals surface area contributed by atoms with Crippen LogP contribution in [-0.2, 0) is 22.4 Å². The lowest BCUT2D eigenvalue weighted by atomic mass is 9.93. The molecular weight excluding hydrogens is 476 g/mol. The minimum Gasteiger partial charge on any atom is -0.506 e. The molecule has 0 radical (unpaired) electrons. The Bertz CT molecular complexity index is 1590. The lowest BCUT2D eigenvalue weighted by molar-refractivity contribution is -0.136.